The second-order valence-electron chi connectivity index (χ2n) is 6.45. The molecule has 0 heterocycles. The minimum absolute atomic E-state index is 0.354. The van der Waals surface area contributed by atoms with Crippen molar-refractivity contribution in [2.75, 3.05) is 13.2 Å². The van der Waals surface area contributed by atoms with Gasteiger partial charge in [-0.05, 0) is 50.5 Å². The molecule has 1 fully saturated rings. The predicted octanol–water partition coefficient (Wildman–Crippen LogP) is 3.73. The third-order valence-corrected chi connectivity index (χ3v) is 4.11. The Hall–Kier alpha value is -0.0800. The minimum atomic E-state index is 0.354. The highest BCUT2D eigenvalue weighted by atomic mass is 16.2. The summed E-state index contributed by atoms with van der Waals surface area (Å²) in [6.45, 7) is 6.22. The summed E-state index contributed by atoms with van der Waals surface area (Å²) >= 11 is 0. The fraction of sp³-hybridized carbons (Fsp3) is 1.00. The first-order chi connectivity index (χ1) is 8.72. The summed E-state index contributed by atoms with van der Waals surface area (Å²) in [5.41, 5.74) is 0. The van der Waals surface area contributed by atoms with Crippen LogP contribution in [0.25, 0.3) is 0 Å². The lowest BCUT2D eigenvalue weighted by molar-refractivity contribution is 0.251. The van der Waals surface area contributed by atoms with Crippen molar-refractivity contribution in [3.63, 3.8) is 0 Å². The summed E-state index contributed by atoms with van der Waals surface area (Å²) in [4.78, 5) is 0. The van der Waals surface area contributed by atoms with Crippen molar-refractivity contribution in [2.45, 2.75) is 77.7 Å². The van der Waals surface area contributed by atoms with Gasteiger partial charge in [0.05, 0.1) is 0 Å². The summed E-state index contributed by atoms with van der Waals surface area (Å²) < 4.78 is 0. The molecule has 0 aliphatic heterocycles. The maximum atomic E-state index is 8.71. The van der Waals surface area contributed by atoms with Crippen molar-refractivity contribution < 1.29 is 5.11 Å². The molecule has 0 bridgehead atoms. The highest BCUT2D eigenvalue weighted by Crippen LogP contribution is 2.29. The van der Waals surface area contributed by atoms with E-state index in [0.29, 0.717) is 6.61 Å². The molecule has 2 atom stereocenters. The lowest BCUT2D eigenvalue weighted by Gasteiger charge is -2.31. The van der Waals surface area contributed by atoms with Crippen molar-refractivity contribution in [3.8, 4) is 0 Å². The first-order valence-electron chi connectivity index (χ1n) is 8.06. The van der Waals surface area contributed by atoms with E-state index >= 15 is 0 Å². The third kappa shape index (κ3) is 7.38. The van der Waals surface area contributed by atoms with Crippen LogP contribution in [-0.2, 0) is 0 Å². The van der Waals surface area contributed by atoms with E-state index in [2.05, 4.69) is 19.2 Å². The van der Waals surface area contributed by atoms with Crippen LogP contribution in [0.4, 0.5) is 0 Å². The quantitative estimate of drug-likeness (QED) is 0.615. The Kier molecular flexibility index (Phi) is 8.70. The van der Waals surface area contributed by atoms with Gasteiger partial charge in [-0.1, -0.05) is 39.5 Å². The van der Waals surface area contributed by atoms with Crippen molar-refractivity contribution in [3.05, 3.63) is 0 Å². The zero-order valence-electron chi connectivity index (χ0n) is 12.5. The van der Waals surface area contributed by atoms with Crippen molar-refractivity contribution in [1.29, 1.82) is 0 Å². The zero-order valence-corrected chi connectivity index (χ0v) is 12.5. The summed E-state index contributed by atoms with van der Waals surface area (Å²) in [5.74, 6) is 1.82. The van der Waals surface area contributed by atoms with E-state index in [1.54, 1.807) is 0 Å². The Morgan fingerprint density at radius 2 is 1.89 bits per heavy atom. The standard InChI is InChI=1S/C16H33NO/c1-14(2)12-15-8-7-9-16(13-15)17-10-5-3-4-6-11-18/h14-18H,3-13H2,1-2H3. The van der Waals surface area contributed by atoms with Crippen LogP contribution in [0.2, 0.25) is 0 Å². The molecule has 0 aromatic heterocycles. The van der Waals surface area contributed by atoms with Crippen molar-refractivity contribution >= 4 is 0 Å². The molecule has 1 rings (SSSR count). The minimum Gasteiger partial charge on any atom is -0.396 e. The van der Waals surface area contributed by atoms with Crippen LogP contribution in [0.1, 0.15) is 71.6 Å². The van der Waals surface area contributed by atoms with Gasteiger partial charge in [0.1, 0.15) is 0 Å². The van der Waals surface area contributed by atoms with Crippen LogP contribution in [0.5, 0.6) is 0 Å². The molecule has 0 saturated heterocycles. The molecule has 0 aromatic carbocycles. The Morgan fingerprint density at radius 3 is 2.61 bits per heavy atom. The largest absolute Gasteiger partial charge is 0.396 e. The van der Waals surface area contributed by atoms with E-state index in [4.69, 9.17) is 5.11 Å². The Morgan fingerprint density at radius 1 is 1.11 bits per heavy atom. The van der Waals surface area contributed by atoms with E-state index in [9.17, 15) is 0 Å². The maximum Gasteiger partial charge on any atom is 0.0431 e. The van der Waals surface area contributed by atoms with Crippen LogP contribution in [-0.4, -0.2) is 24.3 Å². The number of aliphatic hydroxyl groups is 1. The fourth-order valence-electron chi connectivity index (χ4n) is 3.25. The zero-order chi connectivity index (χ0) is 13.2. The molecule has 0 aromatic rings. The van der Waals surface area contributed by atoms with E-state index in [1.165, 1.54) is 57.9 Å². The van der Waals surface area contributed by atoms with Crippen LogP contribution >= 0.6 is 0 Å². The molecule has 18 heavy (non-hydrogen) atoms. The van der Waals surface area contributed by atoms with E-state index in [0.717, 1.165) is 24.3 Å². The molecular weight excluding hydrogens is 222 g/mol. The highest BCUT2D eigenvalue weighted by Gasteiger charge is 2.21. The Balaban J connectivity index is 2.03. The Labute approximate surface area is 114 Å². The predicted molar refractivity (Wildman–Crippen MR) is 78.8 cm³/mol. The molecule has 2 N–H and O–H groups in total. The monoisotopic (exact) mass is 255 g/mol. The number of unbranched alkanes of at least 4 members (excludes halogenated alkanes) is 3. The molecule has 2 nitrogen and oxygen atoms in total. The molecule has 0 amide bonds. The number of rotatable bonds is 9. The van der Waals surface area contributed by atoms with Gasteiger partial charge in [0.15, 0.2) is 0 Å². The van der Waals surface area contributed by atoms with Crippen molar-refractivity contribution in [2.24, 2.45) is 11.8 Å². The topological polar surface area (TPSA) is 32.3 Å². The molecular formula is C16H33NO. The van der Waals surface area contributed by atoms with Gasteiger partial charge in [-0.3, -0.25) is 0 Å². The molecule has 2 unspecified atom stereocenters. The number of hydrogen-bond donors (Lipinski definition) is 2. The van der Waals surface area contributed by atoms with E-state index in [-0.39, 0.29) is 0 Å². The van der Waals surface area contributed by atoms with Gasteiger partial charge in [0.25, 0.3) is 0 Å². The van der Waals surface area contributed by atoms with Gasteiger partial charge in [-0.2, -0.15) is 0 Å². The van der Waals surface area contributed by atoms with Gasteiger partial charge >= 0.3 is 0 Å². The first kappa shape index (κ1) is 16.0. The van der Waals surface area contributed by atoms with Crippen LogP contribution in [0.3, 0.4) is 0 Å². The third-order valence-electron chi connectivity index (χ3n) is 4.11. The molecule has 2 heteroatoms. The maximum absolute atomic E-state index is 8.71. The van der Waals surface area contributed by atoms with Gasteiger partial charge in [0, 0.05) is 12.6 Å². The highest BCUT2D eigenvalue weighted by molar-refractivity contribution is 4.78. The fourth-order valence-corrected chi connectivity index (χ4v) is 3.25. The molecule has 108 valence electrons. The van der Waals surface area contributed by atoms with Crippen LogP contribution < -0.4 is 5.32 Å². The molecule has 1 saturated carbocycles. The lowest BCUT2D eigenvalue weighted by atomic mass is 9.81. The second-order valence-corrected chi connectivity index (χ2v) is 6.45. The smallest absolute Gasteiger partial charge is 0.0431 e. The first-order valence-corrected chi connectivity index (χ1v) is 8.06. The van der Waals surface area contributed by atoms with Gasteiger partial charge in [-0.15, -0.1) is 0 Å². The molecule has 1 aliphatic carbocycles. The number of nitrogens with one attached hydrogen (secondary N) is 1. The summed E-state index contributed by atoms with van der Waals surface area (Å²) in [6, 6.07) is 0.778. The number of hydrogen-bond acceptors (Lipinski definition) is 2. The summed E-state index contributed by atoms with van der Waals surface area (Å²) in [6.07, 6.45) is 11.7. The van der Waals surface area contributed by atoms with Crippen molar-refractivity contribution in [1.82, 2.24) is 5.32 Å². The van der Waals surface area contributed by atoms with E-state index < -0.39 is 0 Å². The average Bonchev–Trinajstić information content (AvgIpc) is 2.33. The Bertz CT molecular complexity index is 194. The molecule has 0 radical (unpaired) electrons. The van der Waals surface area contributed by atoms with E-state index in [1.807, 2.05) is 0 Å². The van der Waals surface area contributed by atoms with Crippen LogP contribution in [0.15, 0.2) is 0 Å². The van der Waals surface area contributed by atoms with Crippen LogP contribution in [0, 0.1) is 11.8 Å². The van der Waals surface area contributed by atoms with Gasteiger partial charge < -0.3 is 10.4 Å². The average molecular weight is 255 g/mol. The second kappa shape index (κ2) is 9.80. The molecule has 1 aliphatic rings. The molecule has 0 spiro atoms. The SMILES string of the molecule is CC(C)CC1CCCC(NCCCCCCO)C1. The number of aliphatic hydroxyl groups excluding tert-OH is 1. The lowest BCUT2D eigenvalue weighted by Crippen LogP contribution is -2.35. The van der Waals surface area contributed by atoms with Gasteiger partial charge in [-0.25, -0.2) is 0 Å². The van der Waals surface area contributed by atoms with Gasteiger partial charge in [0.2, 0.25) is 0 Å². The normalized spacial score (nSPS) is 24.7. The summed E-state index contributed by atoms with van der Waals surface area (Å²) in [7, 11) is 0. The summed E-state index contributed by atoms with van der Waals surface area (Å²) in [5, 5.41) is 12.5.